The quantitative estimate of drug-likeness (QED) is 0.157. The largest absolute Gasteiger partial charge is 0.497 e. The molecule has 2 aromatic heterocycles. The number of fused-ring (bicyclic) bond motifs is 1. The topological polar surface area (TPSA) is 85.6 Å². The molecule has 0 bridgehead atoms. The van der Waals surface area contributed by atoms with Crippen molar-refractivity contribution < 1.29 is 18.3 Å². The molecule has 6 aromatic rings. The van der Waals surface area contributed by atoms with Gasteiger partial charge in [-0.2, -0.15) is 0 Å². The Bertz CT molecular complexity index is 2240. The molecule has 8 nitrogen and oxygen atoms in total. The maximum atomic E-state index is 15.1. The minimum Gasteiger partial charge on any atom is -0.497 e. The second kappa shape index (κ2) is 14.4. The van der Waals surface area contributed by atoms with Crippen LogP contribution in [0.4, 0.5) is 14.5 Å². The van der Waals surface area contributed by atoms with Crippen molar-refractivity contribution in [2.75, 3.05) is 19.5 Å². The standard InChI is InChI=1S/C38H34F2N4O4S/c1-4-33(45)41-26-18-16-25(17-19-26)35-30(22-42(2)21-24-10-6-5-7-11-24)34-36(46)44(27-12-8-13-28(20-27)48-3)38(47)43(37(34)49-35)23-29-31(39)14-9-15-32(29)40/h5-20H,4,21-23H2,1-3H3,(H,41,45). The van der Waals surface area contributed by atoms with Crippen LogP contribution in [0.3, 0.4) is 0 Å². The first-order valence-corrected chi connectivity index (χ1v) is 16.5. The lowest BCUT2D eigenvalue weighted by Crippen LogP contribution is -2.39. The molecule has 4 aromatic carbocycles. The zero-order valence-corrected chi connectivity index (χ0v) is 28.0. The van der Waals surface area contributed by atoms with E-state index < -0.39 is 29.4 Å². The van der Waals surface area contributed by atoms with Crippen molar-refractivity contribution in [2.24, 2.45) is 0 Å². The van der Waals surface area contributed by atoms with E-state index in [1.54, 1.807) is 43.3 Å². The summed E-state index contributed by atoms with van der Waals surface area (Å²) in [7, 11) is 3.42. The number of hydrogen-bond donors (Lipinski definition) is 1. The summed E-state index contributed by atoms with van der Waals surface area (Å²) in [5.74, 6) is -1.30. The van der Waals surface area contributed by atoms with Crippen LogP contribution in [0.5, 0.6) is 5.75 Å². The molecular formula is C38H34F2N4O4S. The van der Waals surface area contributed by atoms with Crippen LogP contribution in [-0.4, -0.2) is 34.1 Å². The zero-order valence-electron chi connectivity index (χ0n) is 27.2. The van der Waals surface area contributed by atoms with Gasteiger partial charge in [0, 0.05) is 41.7 Å². The summed E-state index contributed by atoms with van der Waals surface area (Å²) in [6.45, 7) is 2.21. The number of aromatic nitrogens is 2. The Balaban J connectivity index is 1.62. The van der Waals surface area contributed by atoms with E-state index in [9.17, 15) is 14.4 Å². The molecule has 2 heterocycles. The molecule has 0 saturated carbocycles. The number of hydrogen-bond acceptors (Lipinski definition) is 6. The van der Waals surface area contributed by atoms with Crippen LogP contribution in [0.2, 0.25) is 0 Å². The lowest BCUT2D eigenvalue weighted by Gasteiger charge is -2.18. The molecule has 0 saturated heterocycles. The van der Waals surface area contributed by atoms with Crippen molar-refractivity contribution in [1.82, 2.24) is 14.0 Å². The summed E-state index contributed by atoms with van der Waals surface area (Å²) < 4.78 is 37.8. The van der Waals surface area contributed by atoms with Gasteiger partial charge in [0.1, 0.15) is 22.2 Å². The predicted molar refractivity (Wildman–Crippen MR) is 190 cm³/mol. The molecule has 0 unspecified atom stereocenters. The first kappa shape index (κ1) is 33.5. The summed E-state index contributed by atoms with van der Waals surface area (Å²) in [5, 5.41) is 3.11. The highest BCUT2D eigenvalue weighted by Gasteiger charge is 2.26. The van der Waals surface area contributed by atoms with E-state index in [1.165, 1.54) is 29.1 Å². The molecule has 0 aliphatic heterocycles. The van der Waals surface area contributed by atoms with Crippen LogP contribution in [0.1, 0.15) is 30.0 Å². The number of thiophene rings is 1. The van der Waals surface area contributed by atoms with Gasteiger partial charge in [-0.3, -0.25) is 19.1 Å². The minimum absolute atomic E-state index is 0.125. The number of rotatable bonds is 11. The Kier molecular flexibility index (Phi) is 9.84. The first-order valence-electron chi connectivity index (χ1n) is 15.7. The summed E-state index contributed by atoms with van der Waals surface area (Å²) in [6, 6.07) is 27.2. The molecular weight excluding hydrogens is 647 g/mol. The number of amides is 1. The maximum Gasteiger partial charge on any atom is 0.337 e. The van der Waals surface area contributed by atoms with E-state index in [2.05, 4.69) is 10.2 Å². The van der Waals surface area contributed by atoms with Gasteiger partial charge in [0.15, 0.2) is 0 Å². The molecule has 1 amide bonds. The van der Waals surface area contributed by atoms with E-state index in [0.29, 0.717) is 46.2 Å². The summed E-state index contributed by atoms with van der Waals surface area (Å²) in [6.07, 6.45) is 0.329. The van der Waals surface area contributed by atoms with E-state index in [4.69, 9.17) is 4.74 Å². The second-order valence-electron chi connectivity index (χ2n) is 11.6. The fraction of sp³-hybridized carbons (Fsp3) is 0.184. The van der Waals surface area contributed by atoms with Gasteiger partial charge in [0.25, 0.3) is 5.56 Å². The van der Waals surface area contributed by atoms with Crippen LogP contribution in [0.15, 0.2) is 107 Å². The van der Waals surface area contributed by atoms with Crippen molar-refractivity contribution >= 4 is 33.1 Å². The Morgan fingerprint density at radius 2 is 1.57 bits per heavy atom. The molecule has 0 aliphatic rings. The predicted octanol–water partition coefficient (Wildman–Crippen LogP) is 7.20. The lowest BCUT2D eigenvalue weighted by atomic mass is 10.1. The van der Waals surface area contributed by atoms with Crippen LogP contribution in [-0.2, 0) is 24.4 Å². The number of anilines is 1. The molecule has 49 heavy (non-hydrogen) atoms. The monoisotopic (exact) mass is 680 g/mol. The van der Waals surface area contributed by atoms with E-state index in [-0.39, 0.29) is 22.5 Å². The number of nitrogens with zero attached hydrogens (tertiary/aromatic N) is 3. The molecule has 0 aliphatic carbocycles. The molecule has 11 heteroatoms. The van der Waals surface area contributed by atoms with Gasteiger partial charge in [-0.25, -0.2) is 18.1 Å². The number of nitrogens with one attached hydrogen (secondary N) is 1. The lowest BCUT2D eigenvalue weighted by molar-refractivity contribution is -0.115. The highest BCUT2D eigenvalue weighted by Crippen LogP contribution is 2.39. The summed E-state index contributed by atoms with van der Waals surface area (Å²) >= 11 is 1.21. The van der Waals surface area contributed by atoms with E-state index >= 15 is 8.78 Å². The average Bonchev–Trinajstić information content (AvgIpc) is 3.47. The number of halogens is 2. The molecule has 0 fully saturated rings. The van der Waals surface area contributed by atoms with Crippen LogP contribution < -0.4 is 21.3 Å². The van der Waals surface area contributed by atoms with Crippen LogP contribution in [0, 0.1) is 11.6 Å². The molecule has 0 spiro atoms. The van der Waals surface area contributed by atoms with Gasteiger partial charge in [-0.1, -0.05) is 61.5 Å². The van der Waals surface area contributed by atoms with Gasteiger partial charge in [0.2, 0.25) is 5.91 Å². The maximum absolute atomic E-state index is 15.1. The Labute approximate surface area is 285 Å². The van der Waals surface area contributed by atoms with E-state index in [1.807, 2.05) is 49.5 Å². The fourth-order valence-corrected chi connectivity index (χ4v) is 7.09. The van der Waals surface area contributed by atoms with Crippen molar-refractivity contribution in [2.45, 2.75) is 33.0 Å². The third-order valence-electron chi connectivity index (χ3n) is 8.24. The molecule has 1 N–H and O–H groups in total. The normalized spacial score (nSPS) is 11.3. The molecule has 250 valence electrons. The van der Waals surface area contributed by atoms with Crippen LogP contribution in [0.25, 0.3) is 26.3 Å². The van der Waals surface area contributed by atoms with E-state index in [0.717, 1.165) is 27.8 Å². The Hall–Kier alpha value is -5.39. The third kappa shape index (κ3) is 6.94. The SMILES string of the molecule is CCC(=O)Nc1ccc(-c2sc3c(c2CN(C)Cc2ccccc2)c(=O)n(-c2cccc(OC)c2)c(=O)n3Cc2c(F)cccc2F)cc1. The van der Waals surface area contributed by atoms with Gasteiger partial charge in [-0.15, -0.1) is 11.3 Å². The Morgan fingerprint density at radius 1 is 0.878 bits per heavy atom. The van der Waals surface area contributed by atoms with Gasteiger partial charge >= 0.3 is 5.69 Å². The molecule has 0 radical (unpaired) electrons. The van der Waals surface area contributed by atoms with Gasteiger partial charge < -0.3 is 10.1 Å². The number of methoxy groups -OCH3 is 1. The number of carbonyl (C=O) groups is 1. The second-order valence-corrected chi connectivity index (χ2v) is 12.6. The summed E-state index contributed by atoms with van der Waals surface area (Å²) in [5.41, 5.74) is 1.76. The van der Waals surface area contributed by atoms with Crippen molar-refractivity contribution in [3.8, 4) is 21.9 Å². The fourth-order valence-electron chi connectivity index (χ4n) is 5.79. The first-order chi connectivity index (χ1) is 23.7. The number of ether oxygens (including phenoxy) is 1. The highest BCUT2D eigenvalue weighted by atomic mass is 32.1. The molecule has 0 atom stereocenters. The number of benzene rings is 4. The number of carbonyl (C=O) groups excluding carboxylic acids is 1. The smallest absolute Gasteiger partial charge is 0.337 e. The average molecular weight is 681 g/mol. The highest BCUT2D eigenvalue weighted by molar-refractivity contribution is 7.22. The minimum atomic E-state index is -0.802. The third-order valence-corrected chi connectivity index (χ3v) is 9.54. The molecule has 6 rings (SSSR count). The zero-order chi connectivity index (χ0) is 34.7. The van der Waals surface area contributed by atoms with Gasteiger partial charge in [-0.05, 0) is 60.1 Å². The van der Waals surface area contributed by atoms with Crippen molar-refractivity contribution in [3.63, 3.8) is 0 Å². The van der Waals surface area contributed by atoms with Crippen LogP contribution >= 0.6 is 11.3 Å². The van der Waals surface area contributed by atoms with Gasteiger partial charge in [0.05, 0.1) is 24.7 Å². The van der Waals surface area contributed by atoms with Crippen molar-refractivity contribution in [3.05, 3.63) is 146 Å². The Morgan fingerprint density at radius 3 is 2.24 bits per heavy atom. The summed E-state index contributed by atoms with van der Waals surface area (Å²) in [4.78, 5) is 44.0. The van der Waals surface area contributed by atoms with Crippen molar-refractivity contribution in [1.29, 1.82) is 0 Å².